The summed E-state index contributed by atoms with van der Waals surface area (Å²) in [6.07, 6.45) is 0.509. The van der Waals surface area contributed by atoms with E-state index >= 15 is 0 Å². The zero-order valence-electron chi connectivity index (χ0n) is 10.3. The van der Waals surface area contributed by atoms with Crippen LogP contribution in [0.4, 0.5) is 4.39 Å². The van der Waals surface area contributed by atoms with Gasteiger partial charge in [0.1, 0.15) is 5.75 Å². The number of halogens is 4. The van der Waals surface area contributed by atoms with E-state index in [9.17, 15) is 4.39 Å². The van der Waals surface area contributed by atoms with E-state index in [-0.39, 0.29) is 5.75 Å². The van der Waals surface area contributed by atoms with E-state index in [0.717, 1.165) is 0 Å². The van der Waals surface area contributed by atoms with Gasteiger partial charge in [0, 0.05) is 10.5 Å². The monoisotopic (exact) mass is 377 g/mol. The predicted molar refractivity (Wildman–Crippen MR) is 83.4 cm³/mol. The molecule has 0 heterocycles. The van der Waals surface area contributed by atoms with Gasteiger partial charge in [0.25, 0.3) is 0 Å². The van der Waals surface area contributed by atoms with Crippen molar-refractivity contribution in [3.05, 3.63) is 56.2 Å². The zero-order chi connectivity index (χ0) is 14.7. The molecule has 2 aromatic carbocycles. The van der Waals surface area contributed by atoms with E-state index in [1.165, 1.54) is 12.1 Å². The van der Waals surface area contributed by atoms with Crippen molar-refractivity contribution in [1.82, 2.24) is 0 Å². The minimum atomic E-state index is -0.467. The molecule has 0 saturated carbocycles. The maximum absolute atomic E-state index is 13.9. The van der Waals surface area contributed by atoms with Crippen LogP contribution in [0.2, 0.25) is 10.0 Å². The number of nitrogens with two attached hydrogens (primary N) is 1. The molecular formula is C14H11BrCl2FNO. The summed E-state index contributed by atoms with van der Waals surface area (Å²) in [6.45, 7) is 0.397. The molecule has 0 aliphatic carbocycles. The highest BCUT2D eigenvalue weighted by atomic mass is 79.9. The molecule has 6 heteroatoms. The molecule has 0 aromatic heterocycles. The second-order valence-electron chi connectivity index (χ2n) is 4.07. The number of ether oxygens (including phenoxy) is 1. The maximum atomic E-state index is 13.9. The largest absolute Gasteiger partial charge is 0.452 e. The molecule has 0 atom stereocenters. The van der Waals surface area contributed by atoms with Crippen LogP contribution in [0.1, 0.15) is 5.56 Å². The Hall–Kier alpha value is -0.810. The lowest BCUT2D eigenvalue weighted by molar-refractivity contribution is 0.436. The number of hydrogen-bond donors (Lipinski definition) is 1. The van der Waals surface area contributed by atoms with Crippen LogP contribution in [0.25, 0.3) is 0 Å². The lowest BCUT2D eigenvalue weighted by Gasteiger charge is -2.13. The second kappa shape index (κ2) is 6.76. The van der Waals surface area contributed by atoms with Crippen LogP contribution >= 0.6 is 39.1 Å². The van der Waals surface area contributed by atoms with Crippen molar-refractivity contribution in [3.8, 4) is 11.5 Å². The topological polar surface area (TPSA) is 35.2 Å². The summed E-state index contributed by atoms with van der Waals surface area (Å²) in [5, 5.41) is 0.768. The van der Waals surface area contributed by atoms with Crippen LogP contribution in [-0.2, 0) is 6.42 Å². The quantitative estimate of drug-likeness (QED) is 0.743. The first-order valence-electron chi connectivity index (χ1n) is 5.82. The van der Waals surface area contributed by atoms with E-state index in [2.05, 4.69) is 15.9 Å². The summed E-state index contributed by atoms with van der Waals surface area (Å²) in [7, 11) is 0. The van der Waals surface area contributed by atoms with E-state index in [4.69, 9.17) is 33.7 Å². The van der Waals surface area contributed by atoms with Gasteiger partial charge in [0.05, 0.1) is 10.0 Å². The maximum Gasteiger partial charge on any atom is 0.166 e. The highest BCUT2D eigenvalue weighted by Gasteiger charge is 2.14. The third-order valence-corrected chi connectivity index (χ3v) is 4.14. The molecule has 106 valence electrons. The lowest BCUT2D eigenvalue weighted by Crippen LogP contribution is -2.05. The van der Waals surface area contributed by atoms with Gasteiger partial charge in [0.15, 0.2) is 11.6 Å². The van der Waals surface area contributed by atoms with Crippen LogP contribution in [0.3, 0.4) is 0 Å². The highest BCUT2D eigenvalue weighted by molar-refractivity contribution is 9.10. The second-order valence-corrected chi connectivity index (χ2v) is 5.73. The molecular weight excluding hydrogens is 368 g/mol. The summed E-state index contributed by atoms with van der Waals surface area (Å²) in [5.74, 6) is -0.0486. The van der Waals surface area contributed by atoms with Crippen molar-refractivity contribution in [2.45, 2.75) is 6.42 Å². The minimum absolute atomic E-state index is 0.123. The molecule has 2 aromatic rings. The Balaban J connectivity index is 2.42. The number of rotatable bonds is 4. The van der Waals surface area contributed by atoms with Crippen molar-refractivity contribution in [3.63, 3.8) is 0 Å². The first kappa shape index (κ1) is 15.6. The third-order valence-electron chi connectivity index (χ3n) is 2.65. The van der Waals surface area contributed by atoms with Crippen LogP contribution in [0, 0.1) is 5.82 Å². The zero-order valence-corrected chi connectivity index (χ0v) is 13.4. The molecule has 0 amide bonds. The van der Waals surface area contributed by atoms with Gasteiger partial charge in [-0.3, -0.25) is 0 Å². The molecule has 2 nitrogen and oxygen atoms in total. The Kier molecular flexibility index (Phi) is 5.27. The van der Waals surface area contributed by atoms with E-state index in [0.29, 0.717) is 38.8 Å². The summed E-state index contributed by atoms with van der Waals surface area (Å²) >= 11 is 15.3. The molecule has 0 unspecified atom stereocenters. The summed E-state index contributed by atoms with van der Waals surface area (Å²) < 4.78 is 20.2. The normalized spacial score (nSPS) is 10.7. The molecule has 0 fully saturated rings. The highest BCUT2D eigenvalue weighted by Crippen LogP contribution is 2.38. The van der Waals surface area contributed by atoms with Crippen molar-refractivity contribution >= 4 is 39.1 Å². The third kappa shape index (κ3) is 3.44. The molecule has 0 spiro atoms. The van der Waals surface area contributed by atoms with Crippen LogP contribution in [0.5, 0.6) is 11.5 Å². The van der Waals surface area contributed by atoms with Gasteiger partial charge in [0.2, 0.25) is 0 Å². The fraction of sp³-hybridized carbons (Fsp3) is 0.143. The predicted octanol–water partition coefficient (Wildman–Crippen LogP) is 5.19. The number of para-hydroxylation sites is 1. The fourth-order valence-electron chi connectivity index (χ4n) is 1.71. The number of benzene rings is 2. The Bertz CT molecular complexity index is 637. The van der Waals surface area contributed by atoms with E-state index in [1.54, 1.807) is 18.2 Å². The van der Waals surface area contributed by atoms with Crippen molar-refractivity contribution in [2.24, 2.45) is 5.73 Å². The van der Waals surface area contributed by atoms with Crippen molar-refractivity contribution < 1.29 is 9.13 Å². The van der Waals surface area contributed by atoms with Gasteiger partial charge >= 0.3 is 0 Å². The summed E-state index contributed by atoms with van der Waals surface area (Å²) in [6, 6.07) is 7.84. The number of hydrogen-bond acceptors (Lipinski definition) is 2. The smallest absolute Gasteiger partial charge is 0.166 e. The molecule has 0 bridgehead atoms. The van der Waals surface area contributed by atoms with Gasteiger partial charge in [-0.05, 0) is 46.6 Å². The fourth-order valence-corrected chi connectivity index (χ4v) is 2.54. The molecule has 0 saturated heterocycles. The van der Waals surface area contributed by atoms with E-state index < -0.39 is 5.82 Å². The first-order valence-corrected chi connectivity index (χ1v) is 7.37. The molecule has 2 rings (SSSR count). The first-order chi connectivity index (χ1) is 9.52. The molecule has 0 aliphatic heterocycles. The van der Waals surface area contributed by atoms with Gasteiger partial charge < -0.3 is 10.5 Å². The molecule has 0 aliphatic rings. The van der Waals surface area contributed by atoms with Gasteiger partial charge in [-0.1, -0.05) is 35.3 Å². The van der Waals surface area contributed by atoms with Gasteiger partial charge in [-0.25, -0.2) is 4.39 Å². The average Bonchev–Trinajstić information content (AvgIpc) is 2.40. The van der Waals surface area contributed by atoms with Crippen LogP contribution in [-0.4, -0.2) is 6.54 Å². The molecule has 20 heavy (non-hydrogen) atoms. The minimum Gasteiger partial charge on any atom is -0.452 e. The van der Waals surface area contributed by atoms with Crippen molar-refractivity contribution in [2.75, 3.05) is 6.54 Å². The Labute approximate surface area is 134 Å². The summed E-state index contributed by atoms with van der Waals surface area (Å²) in [5.41, 5.74) is 6.20. The lowest BCUT2D eigenvalue weighted by atomic mass is 10.1. The average molecular weight is 379 g/mol. The molecule has 2 N–H and O–H groups in total. The van der Waals surface area contributed by atoms with Gasteiger partial charge in [-0.2, -0.15) is 0 Å². The Morgan fingerprint density at radius 2 is 1.95 bits per heavy atom. The van der Waals surface area contributed by atoms with E-state index in [1.807, 2.05) is 0 Å². The van der Waals surface area contributed by atoms with Gasteiger partial charge in [-0.15, -0.1) is 0 Å². The SMILES string of the molecule is NCCc1cccc(F)c1Oc1cc(Cl)c(Br)cc1Cl. The Morgan fingerprint density at radius 3 is 2.65 bits per heavy atom. The standard InChI is InChI=1S/C14H11BrCl2FNO/c15-9-6-11(17)13(7-10(9)16)20-14-8(4-5-19)2-1-3-12(14)18/h1-3,6-7H,4-5,19H2. The van der Waals surface area contributed by atoms with Crippen LogP contribution in [0.15, 0.2) is 34.8 Å². The van der Waals surface area contributed by atoms with Crippen molar-refractivity contribution in [1.29, 1.82) is 0 Å². The molecule has 0 radical (unpaired) electrons. The van der Waals surface area contributed by atoms with Crippen LogP contribution < -0.4 is 10.5 Å². The Morgan fingerprint density at radius 1 is 1.20 bits per heavy atom. The summed E-state index contributed by atoms with van der Waals surface area (Å²) in [4.78, 5) is 0.